The molecule has 0 spiro atoms. The minimum absolute atomic E-state index is 0.0153. The second kappa shape index (κ2) is 9.34. The lowest BCUT2D eigenvalue weighted by atomic mass is 10.2. The number of carbonyl (C=O) groups excluding carboxylic acids is 1. The van der Waals surface area contributed by atoms with E-state index >= 15 is 0 Å². The van der Waals surface area contributed by atoms with Gasteiger partial charge >= 0.3 is 0 Å². The van der Waals surface area contributed by atoms with Gasteiger partial charge in [-0.15, -0.1) is 0 Å². The molecule has 0 aliphatic heterocycles. The van der Waals surface area contributed by atoms with Gasteiger partial charge in [-0.2, -0.15) is 4.31 Å². The first kappa shape index (κ1) is 20.7. The van der Waals surface area contributed by atoms with Gasteiger partial charge in [-0.25, -0.2) is 8.42 Å². The summed E-state index contributed by atoms with van der Waals surface area (Å²) in [6, 6.07) is 13.0. The summed E-state index contributed by atoms with van der Waals surface area (Å²) in [5.41, 5.74) is 0.712. The molecule has 2 aromatic carbocycles. The Hall–Kier alpha value is -1.64. The summed E-state index contributed by atoms with van der Waals surface area (Å²) >= 11 is 12.0. The molecule has 2 rings (SSSR count). The van der Waals surface area contributed by atoms with Crippen LogP contribution in [0, 0.1) is 0 Å². The molecule has 0 unspecified atom stereocenters. The second-order valence-corrected chi connectivity index (χ2v) is 8.16. The largest absolute Gasteiger partial charge is 0.395 e. The maximum atomic E-state index is 13.1. The van der Waals surface area contributed by atoms with Crippen LogP contribution in [0.2, 0.25) is 10.0 Å². The number of nitrogens with zero attached hydrogens (tertiary/aromatic N) is 1. The second-order valence-electron chi connectivity index (χ2n) is 5.41. The van der Waals surface area contributed by atoms with Gasteiger partial charge in [0.05, 0.1) is 18.2 Å². The average Bonchev–Trinajstić information content (AvgIpc) is 2.62. The highest BCUT2D eigenvalue weighted by atomic mass is 35.5. The molecule has 2 aromatic rings. The molecule has 140 valence electrons. The third-order valence-corrected chi connectivity index (χ3v) is 5.98. The van der Waals surface area contributed by atoms with Crippen molar-refractivity contribution in [3.05, 3.63) is 64.1 Å². The summed E-state index contributed by atoms with van der Waals surface area (Å²) < 4.78 is 27.2. The zero-order valence-corrected chi connectivity index (χ0v) is 16.1. The Morgan fingerprint density at radius 1 is 1.12 bits per heavy atom. The fourth-order valence-electron chi connectivity index (χ4n) is 2.24. The lowest BCUT2D eigenvalue weighted by Crippen LogP contribution is -2.41. The summed E-state index contributed by atoms with van der Waals surface area (Å²) in [5.74, 6) is -0.531. The highest BCUT2D eigenvalue weighted by molar-refractivity contribution is 7.89. The van der Waals surface area contributed by atoms with Crippen LogP contribution in [-0.2, 0) is 21.4 Å². The number of sulfonamides is 1. The van der Waals surface area contributed by atoms with E-state index < -0.39 is 22.5 Å². The monoisotopic (exact) mass is 416 g/mol. The van der Waals surface area contributed by atoms with Gasteiger partial charge in [0.25, 0.3) is 0 Å². The van der Waals surface area contributed by atoms with Crippen LogP contribution in [0.15, 0.2) is 53.4 Å². The first-order valence-corrected chi connectivity index (χ1v) is 9.91. The number of carbonyl (C=O) groups is 1. The summed E-state index contributed by atoms with van der Waals surface area (Å²) in [7, 11) is -4.08. The third-order valence-electron chi connectivity index (χ3n) is 3.47. The normalized spacial score (nSPS) is 11.5. The van der Waals surface area contributed by atoms with Crippen molar-refractivity contribution in [3.63, 3.8) is 0 Å². The Morgan fingerprint density at radius 3 is 2.46 bits per heavy atom. The zero-order chi connectivity index (χ0) is 19.2. The maximum absolute atomic E-state index is 13.1. The summed E-state index contributed by atoms with van der Waals surface area (Å²) in [4.78, 5) is 11.9. The number of hydrogen-bond acceptors (Lipinski definition) is 4. The fraction of sp³-hybridized carbons (Fsp3) is 0.235. The first-order valence-electron chi connectivity index (χ1n) is 7.71. The van der Waals surface area contributed by atoms with E-state index in [1.54, 1.807) is 24.3 Å². The Kier molecular flexibility index (Phi) is 7.43. The third kappa shape index (κ3) is 5.43. The number of aliphatic hydroxyl groups excluding tert-OH is 1. The van der Waals surface area contributed by atoms with E-state index in [1.165, 1.54) is 18.2 Å². The Balaban J connectivity index is 2.37. The van der Waals surface area contributed by atoms with Gasteiger partial charge in [0.15, 0.2) is 0 Å². The molecule has 0 aromatic heterocycles. The Labute approximate surface area is 162 Å². The van der Waals surface area contributed by atoms with E-state index in [0.717, 1.165) is 4.31 Å². The van der Waals surface area contributed by atoms with Crippen LogP contribution in [0.5, 0.6) is 0 Å². The minimum atomic E-state index is -4.08. The van der Waals surface area contributed by atoms with Crippen molar-refractivity contribution in [2.45, 2.75) is 11.4 Å². The van der Waals surface area contributed by atoms with Crippen molar-refractivity contribution in [1.82, 2.24) is 9.62 Å². The van der Waals surface area contributed by atoms with Crippen LogP contribution >= 0.6 is 23.2 Å². The van der Waals surface area contributed by atoms with E-state index in [9.17, 15) is 13.2 Å². The van der Waals surface area contributed by atoms with E-state index in [2.05, 4.69) is 5.32 Å². The molecule has 1 amide bonds. The lowest BCUT2D eigenvalue weighted by Gasteiger charge is -2.22. The number of nitrogens with one attached hydrogen (secondary N) is 1. The number of amides is 1. The fourth-order valence-corrected chi connectivity index (χ4v) is 4.36. The number of rotatable bonds is 8. The SMILES string of the molecule is O=C(CN(Cc1ccccc1)S(=O)(=O)c1cc(Cl)ccc1Cl)NCCO. The molecule has 0 radical (unpaired) electrons. The van der Waals surface area contributed by atoms with E-state index in [1.807, 2.05) is 6.07 Å². The molecule has 0 heterocycles. The number of halogens is 2. The standard InChI is InChI=1S/C17H18Cl2N2O4S/c18-14-6-7-15(19)16(10-14)26(24,25)21(12-17(23)20-8-9-22)11-13-4-2-1-3-5-13/h1-7,10,22H,8-9,11-12H2,(H,20,23). The van der Waals surface area contributed by atoms with Crippen LogP contribution in [0.25, 0.3) is 0 Å². The molecule has 26 heavy (non-hydrogen) atoms. The summed E-state index contributed by atoms with van der Waals surface area (Å²) in [6.07, 6.45) is 0. The molecule has 0 aliphatic rings. The molecule has 6 nitrogen and oxygen atoms in total. The van der Waals surface area contributed by atoms with Gasteiger partial charge in [-0.05, 0) is 23.8 Å². The Morgan fingerprint density at radius 2 is 1.81 bits per heavy atom. The van der Waals surface area contributed by atoms with Crippen molar-refractivity contribution in [3.8, 4) is 0 Å². The van der Waals surface area contributed by atoms with Gasteiger partial charge in [0, 0.05) is 18.1 Å². The van der Waals surface area contributed by atoms with Gasteiger partial charge in [-0.3, -0.25) is 4.79 Å². The van der Waals surface area contributed by atoms with Gasteiger partial charge in [0.1, 0.15) is 4.90 Å². The minimum Gasteiger partial charge on any atom is -0.395 e. The zero-order valence-electron chi connectivity index (χ0n) is 13.7. The van der Waals surface area contributed by atoms with Crippen LogP contribution < -0.4 is 5.32 Å². The molecule has 0 atom stereocenters. The van der Waals surface area contributed by atoms with E-state index in [-0.39, 0.29) is 34.6 Å². The molecule has 9 heteroatoms. The van der Waals surface area contributed by atoms with E-state index in [0.29, 0.717) is 5.56 Å². The van der Waals surface area contributed by atoms with Crippen LogP contribution in [0.1, 0.15) is 5.56 Å². The van der Waals surface area contributed by atoms with E-state index in [4.69, 9.17) is 28.3 Å². The molecule has 0 fully saturated rings. The van der Waals surface area contributed by atoms with Crippen LogP contribution in [-0.4, -0.2) is 43.4 Å². The van der Waals surface area contributed by atoms with Crippen LogP contribution in [0.4, 0.5) is 0 Å². The predicted octanol–water partition coefficient (Wildman–Crippen LogP) is 2.29. The molecule has 0 bridgehead atoms. The van der Waals surface area contributed by atoms with Crippen molar-refractivity contribution < 1.29 is 18.3 Å². The average molecular weight is 417 g/mol. The van der Waals surface area contributed by atoms with Gasteiger partial charge in [-0.1, -0.05) is 53.5 Å². The molecule has 0 aliphatic carbocycles. The number of aliphatic hydroxyl groups is 1. The smallest absolute Gasteiger partial charge is 0.245 e. The van der Waals surface area contributed by atoms with Gasteiger partial charge in [0.2, 0.25) is 15.9 Å². The number of benzene rings is 2. The highest BCUT2D eigenvalue weighted by Crippen LogP contribution is 2.28. The summed E-state index contributed by atoms with van der Waals surface area (Å²) in [5, 5.41) is 11.5. The summed E-state index contributed by atoms with van der Waals surface area (Å²) in [6.45, 7) is -0.633. The molecule has 2 N–H and O–H groups in total. The van der Waals surface area contributed by atoms with Crippen molar-refractivity contribution in [1.29, 1.82) is 0 Å². The lowest BCUT2D eigenvalue weighted by molar-refractivity contribution is -0.121. The number of hydrogen-bond donors (Lipinski definition) is 2. The Bertz CT molecular complexity index is 860. The van der Waals surface area contributed by atoms with Crippen molar-refractivity contribution in [2.75, 3.05) is 19.7 Å². The topological polar surface area (TPSA) is 86.7 Å². The quantitative estimate of drug-likeness (QED) is 0.690. The maximum Gasteiger partial charge on any atom is 0.245 e. The first-order chi connectivity index (χ1) is 12.3. The molecular formula is C17H18Cl2N2O4S. The van der Waals surface area contributed by atoms with Crippen LogP contribution in [0.3, 0.4) is 0 Å². The highest BCUT2D eigenvalue weighted by Gasteiger charge is 2.29. The van der Waals surface area contributed by atoms with Crippen molar-refractivity contribution >= 4 is 39.1 Å². The van der Waals surface area contributed by atoms with Crippen molar-refractivity contribution in [2.24, 2.45) is 0 Å². The molecular weight excluding hydrogens is 399 g/mol. The molecule has 0 saturated heterocycles. The molecule has 0 saturated carbocycles. The van der Waals surface area contributed by atoms with Gasteiger partial charge < -0.3 is 10.4 Å². The predicted molar refractivity (Wildman–Crippen MR) is 101 cm³/mol.